The summed E-state index contributed by atoms with van der Waals surface area (Å²) in [6, 6.07) is 5.80. The number of anilines is 2. The summed E-state index contributed by atoms with van der Waals surface area (Å²) in [6.45, 7) is 1.58. The molecule has 0 bridgehead atoms. The van der Waals surface area contributed by atoms with E-state index >= 15 is 0 Å². The van der Waals surface area contributed by atoms with Crippen molar-refractivity contribution in [3.63, 3.8) is 0 Å². The van der Waals surface area contributed by atoms with E-state index < -0.39 is 16.4 Å². The Hall–Kier alpha value is -4.77. The highest BCUT2D eigenvalue weighted by Gasteiger charge is 2.31. The summed E-state index contributed by atoms with van der Waals surface area (Å²) in [5, 5.41) is 36.1. The minimum atomic E-state index is -0.773. The minimum absolute atomic E-state index is 0.00793. The number of aryl methyl sites for hydroxylation is 2. The number of hydrogen-bond donors (Lipinski definition) is 3. The Morgan fingerprint density at radius 1 is 1.42 bits per heavy atom. The van der Waals surface area contributed by atoms with Crippen LogP contribution in [0.4, 0.5) is 22.9 Å². The van der Waals surface area contributed by atoms with Crippen LogP contribution in [0.1, 0.15) is 16.0 Å². The summed E-state index contributed by atoms with van der Waals surface area (Å²) in [7, 11) is 1.49. The van der Waals surface area contributed by atoms with Crippen LogP contribution in [-0.4, -0.2) is 21.1 Å². The second-order valence-electron chi connectivity index (χ2n) is 6.92. The number of nitro benzene ring substituents is 1. The van der Waals surface area contributed by atoms with Crippen LogP contribution < -0.4 is 26.9 Å². The molecule has 3 aromatic heterocycles. The predicted octanol–water partition coefficient (Wildman–Crippen LogP) is 0.760. The van der Waals surface area contributed by atoms with Crippen LogP contribution in [0.2, 0.25) is 0 Å². The molecule has 14 heteroatoms. The zero-order chi connectivity index (χ0) is 24.0. The molecule has 5 N–H and O–H groups in total. The van der Waals surface area contributed by atoms with Crippen molar-refractivity contribution in [1.82, 2.24) is 10.3 Å². The molecule has 0 saturated carbocycles. The van der Waals surface area contributed by atoms with E-state index in [1.54, 1.807) is 6.92 Å². The molecule has 0 amide bonds. The first-order chi connectivity index (χ1) is 15.6. The Kier molecular flexibility index (Phi) is 5.03. The Labute approximate surface area is 187 Å². The maximum absolute atomic E-state index is 13.0. The second kappa shape index (κ2) is 7.73. The van der Waals surface area contributed by atoms with Crippen molar-refractivity contribution in [2.75, 3.05) is 11.5 Å². The number of thiophene rings is 1. The van der Waals surface area contributed by atoms with E-state index in [2.05, 4.69) is 15.2 Å². The molecule has 0 atom stereocenters. The molecule has 13 nitrogen and oxygen atoms in total. The number of aromatic amines is 1. The fourth-order valence-electron chi connectivity index (χ4n) is 3.33. The van der Waals surface area contributed by atoms with E-state index in [4.69, 9.17) is 16.0 Å². The molecule has 166 valence electrons. The van der Waals surface area contributed by atoms with Gasteiger partial charge in [-0.25, -0.2) is 9.78 Å². The Morgan fingerprint density at radius 3 is 2.73 bits per heavy atom. The van der Waals surface area contributed by atoms with Crippen LogP contribution in [0.25, 0.3) is 21.5 Å². The van der Waals surface area contributed by atoms with Gasteiger partial charge in [0.2, 0.25) is 0 Å². The van der Waals surface area contributed by atoms with Crippen molar-refractivity contribution in [3.05, 3.63) is 54.7 Å². The lowest BCUT2D eigenvalue weighted by atomic mass is 10.0. The maximum Gasteiger partial charge on any atom is 0.435 e. The number of non-ortho nitro benzene ring substituents is 1. The quantitative estimate of drug-likeness (QED) is 0.127. The molecule has 4 aromatic rings. The summed E-state index contributed by atoms with van der Waals surface area (Å²) in [6.07, 6.45) is 0. The smallest absolute Gasteiger partial charge is 0.435 e. The Bertz CT molecular complexity index is 1590. The average Bonchev–Trinajstić information content (AvgIpc) is 3.26. The molecule has 0 aliphatic carbocycles. The van der Waals surface area contributed by atoms with Gasteiger partial charge in [0.25, 0.3) is 5.69 Å². The van der Waals surface area contributed by atoms with Gasteiger partial charge in [-0.1, -0.05) is 4.68 Å². The largest absolute Gasteiger partial charge is 0.858 e. The number of H-pyrrole nitrogens is 1. The number of benzene rings is 1. The number of nitriles is 1. The fourth-order valence-corrected chi connectivity index (χ4v) is 4.32. The first kappa shape index (κ1) is 21.5. The number of aliphatic imine (C=N–C) groups is 1. The van der Waals surface area contributed by atoms with E-state index in [0.29, 0.717) is 5.56 Å². The zero-order valence-corrected chi connectivity index (χ0v) is 17.9. The second-order valence-corrected chi connectivity index (χ2v) is 7.92. The van der Waals surface area contributed by atoms with E-state index in [1.807, 2.05) is 6.07 Å². The summed E-state index contributed by atoms with van der Waals surface area (Å²) >= 11 is 0.893. The molecule has 0 radical (unpaired) electrons. The molecule has 1 aromatic carbocycles. The molecule has 0 spiro atoms. The van der Waals surface area contributed by atoms with Crippen LogP contribution in [0.15, 0.2) is 32.5 Å². The molecule has 3 heterocycles. The van der Waals surface area contributed by atoms with Crippen molar-refractivity contribution in [2.24, 2.45) is 12.0 Å². The van der Waals surface area contributed by atoms with Crippen molar-refractivity contribution < 1.29 is 19.2 Å². The minimum Gasteiger partial charge on any atom is -0.858 e. The maximum atomic E-state index is 13.0. The summed E-state index contributed by atoms with van der Waals surface area (Å²) in [4.78, 5) is 31.1. The SMILES string of the molecule is Cc1cc([N+](=O)[O-])ccc1N=C([O-])c1sc2nc(N)c(C#N)c(-c3c(=O)o[nH][n+]3C)c2c1N. The van der Waals surface area contributed by atoms with Crippen LogP contribution in [0.3, 0.4) is 0 Å². The van der Waals surface area contributed by atoms with Gasteiger partial charge in [-0.05, 0) is 23.8 Å². The zero-order valence-electron chi connectivity index (χ0n) is 17.1. The van der Waals surface area contributed by atoms with Crippen molar-refractivity contribution in [3.8, 4) is 17.3 Å². The van der Waals surface area contributed by atoms with Crippen molar-refractivity contribution >= 4 is 50.3 Å². The van der Waals surface area contributed by atoms with Gasteiger partial charge < -0.3 is 16.6 Å². The lowest BCUT2D eigenvalue weighted by Crippen LogP contribution is -2.34. The molecular weight excluding hydrogens is 452 g/mol. The molecule has 0 saturated heterocycles. The first-order valence-corrected chi connectivity index (χ1v) is 9.96. The van der Waals surface area contributed by atoms with E-state index in [0.717, 1.165) is 11.3 Å². The lowest BCUT2D eigenvalue weighted by molar-refractivity contribution is -0.730. The van der Waals surface area contributed by atoms with E-state index in [9.17, 15) is 25.3 Å². The number of hydrogen-bond acceptors (Lipinski definition) is 11. The molecule has 0 aliphatic rings. The van der Waals surface area contributed by atoms with Gasteiger partial charge in [-0.15, -0.1) is 11.3 Å². The number of nitro groups is 1. The molecule has 33 heavy (non-hydrogen) atoms. The lowest BCUT2D eigenvalue weighted by Gasteiger charge is -2.11. The number of nitrogens with zero attached hydrogens (tertiary/aromatic N) is 5. The normalized spacial score (nSPS) is 11.6. The number of nitrogens with one attached hydrogen (secondary N) is 1. The third-order valence-electron chi connectivity index (χ3n) is 4.86. The summed E-state index contributed by atoms with van der Waals surface area (Å²) in [5.41, 5.74) is 11.9. The van der Waals surface area contributed by atoms with Gasteiger partial charge >= 0.3 is 11.3 Å². The van der Waals surface area contributed by atoms with E-state index in [-0.39, 0.29) is 54.8 Å². The third-order valence-corrected chi connectivity index (χ3v) is 5.95. The third kappa shape index (κ3) is 3.42. The number of pyridine rings is 1. The van der Waals surface area contributed by atoms with Gasteiger partial charge in [-0.3, -0.25) is 19.6 Å². The van der Waals surface area contributed by atoms with Crippen molar-refractivity contribution in [1.29, 1.82) is 5.26 Å². The molecule has 0 aliphatic heterocycles. The number of rotatable bonds is 4. The van der Waals surface area contributed by atoms with Gasteiger partial charge in [0, 0.05) is 18.0 Å². The Morgan fingerprint density at radius 2 is 2.15 bits per heavy atom. The van der Waals surface area contributed by atoms with Gasteiger partial charge in [0.05, 0.1) is 32.1 Å². The van der Waals surface area contributed by atoms with E-state index in [1.165, 1.54) is 29.9 Å². The Balaban J connectivity index is 1.97. The molecule has 0 fully saturated rings. The van der Waals surface area contributed by atoms with Gasteiger partial charge in [0.15, 0.2) is 7.05 Å². The van der Waals surface area contributed by atoms with Crippen LogP contribution >= 0.6 is 11.3 Å². The average molecular weight is 466 g/mol. The number of nitrogens with two attached hydrogens (primary N) is 2. The highest BCUT2D eigenvalue weighted by molar-refractivity contribution is 7.21. The van der Waals surface area contributed by atoms with Gasteiger partial charge in [-0.2, -0.15) is 5.26 Å². The number of fused-ring (bicyclic) bond motifs is 1. The monoisotopic (exact) mass is 466 g/mol. The summed E-state index contributed by atoms with van der Waals surface area (Å²) in [5.74, 6) is -0.870. The highest BCUT2D eigenvalue weighted by atomic mass is 32.1. The standard InChI is InChI=1S/C19H14N8O5S/c1-7-5-8(27(30)31)3-4-10(7)23-17(28)15-13(21)12-11(14-19(29)32-25-26(14)2)9(6-20)16(22)24-18(12)33-15/h3-5H,1-2H3,(H5-,21,22,23,24,25,28,29). The topological polar surface area (TPSA) is 217 Å². The van der Waals surface area contributed by atoms with Gasteiger partial charge in [0.1, 0.15) is 22.3 Å². The number of nitrogen functional groups attached to an aromatic ring is 2. The molecule has 4 rings (SSSR count). The first-order valence-electron chi connectivity index (χ1n) is 9.14. The number of aromatic nitrogens is 3. The predicted molar refractivity (Wildman–Crippen MR) is 117 cm³/mol. The molecule has 0 unspecified atom stereocenters. The molecular formula is C19H14N8O5S. The van der Waals surface area contributed by atoms with Crippen molar-refractivity contribution in [2.45, 2.75) is 6.92 Å². The highest BCUT2D eigenvalue weighted by Crippen LogP contribution is 2.41. The van der Waals surface area contributed by atoms with Crippen LogP contribution in [-0.2, 0) is 7.05 Å². The van der Waals surface area contributed by atoms with Crippen LogP contribution in [0, 0.1) is 28.4 Å². The van der Waals surface area contributed by atoms with Crippen LogP contribution in [0.5, 0.6) is 0 Å². The summed E-state index contributed by atoms with van der Waals surface area (Å²) < 4.78 is 6.04. The fraction of sp³-hybridized carbons (Fsp3) is 0.105.